The highest BCUT2D eigenvalue weighted by Gasteiger charge is 2.01. The van der Waals surface area contributed by atoms with E-state index >= 15 is 0 Å². The number of nitrogens with one attached hydrogen (secondary N) is 2. The molecule has 5 nitrogen and oxygen atoms in total. The van der Waals surface area contributed by atoms with Crippen LogP contribution in [0.25, 0.3) is 0 Å². The molecule has 0 aliphatic heterocycles. The van der Waals surface area contributed by atoms with Gasteiger partial charge in [-0.05, 0) is 36.4 Å². The number of phenols is 1. The highest BCUT2D eigenvalue weighted by molar-refractivity contribution is 5.89. The Morgan fingerprint density at radius 1 is 1.05 bits per heavy atom. The molecule has 0 unspecified atom stereocenters. The summed E-state index contributed by atoms with van der Waals surface area (Å²) < 4.78 is 5.32. The fourth-order valence-corrected chi connectivity index (χ4v) is 1.42. The number of aromatic hydroxyl groups is 1. The van der Waals surface area contributed by atoms with Crippen molar-refractivity contribution in [2.24, 2.45) is 0 Å². The van der Waals surface area contributed by atoms with Gasteiger partial charge in [-0.2, -0.15) is 0 Å². The molecule has 2 rings (SSSR count). The summed E-state index contributed by atoms with van der Waals surface area (Å²) in [4.78, 5) is 11.5. The predicted molar refractivity (Wildman–Crippen MR) is 72.2 cm³/mol. The minimum absolute atomic E-state index is 0.0773. The fourth-order valence-electron chi connectivity index (χ4n) is 1.42. The van der Waals surface area contributed by atoms with Gasteiger partial charge in [0.2, 0.25) is 0 Å². The van der Waals surface area contributed by atoms with Crippen molar-refractivity contribution >= 4 is 11.7 Å². The Bertz CT molecular complexity index is 526. The van der Waals surface area contributed by atoms with Gasteiger partial charge >= 0.3 is 6.03 Å². The second-order valence-electron chi connectivity index (χ2n) is 3.78. The Balaban J connectivity index is 1.74. The van der Waals surface area contributed by atoms with Crippen LogP contribution in [0, 0.1) is 0 Å². The van der Waals surface area contributed by atoms with Crippen LogP contribution in [-0.2, 0) is 0 Å². The van der Waals surface area contributed by atoms with E-state index in [2.05, 4.69) is 10.6 Å². The van der Waals surface area contributed by atoms with Gasteiger partial charge in [0, 0.05) is 5.69 Å². The van der Waals surface area contributed by atoms with Gasteiger partial charge < -0.3 is 20.5 Å². The molecule has 2 aromatic carbocycles. The normalized spacial score (nSPS) is 9.68. The molecule has 0 aromatic heterocycles. The summed E-state index contributed by atoms with van der Waals surface area (Å²) in [6, 6.07) is 15.0. The molecule has 0 bridgehead atoms. The Hall–Kier alpha value is -2.69. The van der Waals surface area contributed by atoms with Gasteiger partial charge in [0.25, 0.3) is 0 Å². The lowest BCUT2D eigenvalue weighted by molar-refractivity contribution is 0.234. The van der Waals surface area contributed by atoms with Crippen molar-refractivity contribution in [1.29, 1.82) is 0 Å². The van der Waals surface area contributed by atoms with Crippen LogP contribution in [0.5, 0.6) is 11.5 Å². The fraction of sp³-hybridized carbons (Fsp3) is 0.0714. The molecule has 19 heavy (non-hydrogen) atoms. The maximum absolute atomic E-state index is 11.5. The molecule has 2 amide bonds. The second-order valence-corrected chi connectivity index (χ2v) is 3.78. The van der Waals surface area contributed by atoms with Gasteiger partial charge in [0.1, 0.15) is 11.5 Å². The molecule has 2 aromatic rings. The molecular weight excluding hydrogens is 244 g/mol. The third-order valence-electron chi connectivity index (χ3n) is 2.34. The smallest absolute Gasteiger partial charge is 0.321 e. The molecule has 0 saturated carbocycles. The topological polar surface area (TPSA) is 70.6 Å². The number of para-hydroxylation sites is 1. The Morgan fingerprint density at radius 2 is 1.74 bits per heavy atom. The number of benzene rings is 2. The number of anilines is 1. The van der Waals surface area contributed by atoms with Crippen LogP contribution in [0.4, 0.5) is 10.5 Å². The zero-order chi connectivity index (χ0) is 13.5. The first-order valence-electron chi connectivity index (χ1n) is 5.76. The summed E-state index contributed by atoms with van der Waals surface area (Å²) in [5.41, 5.74) is 0.593. The SMILES string of the molecule is O=C(NCOc1ccccc1)Nc1ccc(O)cc1. The number of urea groups is 1. The molecule has 0 aliphatic carbocycles. The number of phenolic OH excluding ortho intramolecular Hbond substituents is 1. The van der Waals surface area contributed by atoms with E-state index in [4.69, 9.17) is 9.84 Å². The number of rotatable bonds is 4. The average Bonchev–Trinajstić information content (AvgIpc) is 2.43. The van der Waals surface area contributed by atoms with E-state index in [9.17, 15) is 4.79 Å². The largest absolute Gasteiger partial charge is 0.508 e. The third kappa shape index (κ3) is 4.23. The maximum Gasteiger partial charge on any atom is 0.321 e. The maximum atomic E-state index is 11.5. The summed E-state index contributed by atoms with van der Waals surface area (Å²) in [5, 5.41) is 14.3. The van der Waals surface area contributed by atoms with Gasteiger partial charge in [0.15, 0.2) is 6.73 Å². The summed E-state index contributed by atoms with van der Waals surface area (Å²) in [5.74, 6) is 0.839. The molecule has 3 N–H and O–H groups in total. The van der Waals surface area contributed by atoms with Gasteiger partial charge in [-0.15, -0.1) is 0 Å². The van der Waals surface area contributed by atoms with Crippen LogP contribution in [0.2, 0.25) is 0 Å². The highest BCUT2D eigenvalue weighted by Crippen LogP contribution is 2.13. The summed E-state index contributed by atoms with van der Waals surface area (Å²) >= 11 is 0. The van der Waals surface area contributed by atoms with Gasteiger partial charge in [-0.3, -0.25) is 0 Å². The molecule has 0 saturated heterocycles. The van der Waals surface area contributed by atoms with Crippen molar-refractivity contribution in [1.82, 2.24) is 5.32 Å². The first-order chi connectivity index (χ1) is 9.24. The lowest BCUT2D eigenvalue weighted by Crippen LogP contribution is -2.31. The van der Waals surface area contributed by atoms with E-state index < -0.39 is 0 Å². The van der Waals surface area contributed by atoms with Gasteiger partial charge in [-0.1, -0.05) is 18.2 Å². The molecule has 0 heterocycles. The zero-order valence-corrected chi connectivity index (χ0v) is 10.2. The molecule has 0 fully saturated rings. The van der Waals surface area contributed by atoms with Crippen LogP contribution in [0.15, 0.2) is 54.6 Å². The standard InChI is InChI=1S/C14H14N2O3/c17-12-8-6-11(7-9-12)16-14(18)15-10-19-13-4-2-1-3-5-13/h1-9,17H,10H2,(H2,15,16,18). The van der Waals surface area contributed by atoms with Crippen molar-refractivity contribution in [2.45, 2.75) is 0 Å². The van der Waals surface area contributed by atoms with Gasteiger partial charge in [-0.25, -0.2) is 4.79 Å². The van der Waals surface area contributed by atoms with Crippen molar-refractivity contribution in [3.8, 4) is 11.5 Å². The number of carbonyl (C=O) groups excluding carboxylic acids is 1. The average molecular weight is 258 g/mol. The molecular formula is C14H14N2O3. The van der Waals surface area contributed by atoms with Crippen molar-refractivity contribution in [2.75, 3.05) is 12.0 Å². The summed E-state index contributed by atoms with van der Waals surface area (Å²) in [6.45, 7) is 0.0773. The minimum atomic E-state index is -0.373. The first kappa shape index (κ1) is 12.8. The van der Waals surface area contributed by atoms with Crippen LogP contribution < -0.4 is 15.4 Å². The Kier molecular flexibility index (Phi) is 4.23. The zero-order valence-electron chi connectivity index (χ0n) is 10.2. The molecule has 5 heteroatoms. The van der Waals surface area contributed by atoms with E-state index in [-0.39, 0.29) is 18.5 Å². The minimum Gasteiger partial charge on any atom is -0.508 e. The molecule has 0 spiro atoms. The van der Waals surface area contributed by atoms with Crippen LogP contribution in [-0.4, -0.2) is 17.9 Å². The number of hydrogen-bond donors (Lipinski definition) is 3. The third-order valence-corrected chi connectivity index (χ3v) is 2.34. The van der Waals surface area contributed by atoms with E-state index in [0.717, 1.165) is 0 Å². The lowest BCUT2D eigenvalue weighted by atomic mass is 10.3. The van der Waals surface area contributed by atoms with Crippen molar-refractivity contribution < 1.29 is 14.6 Å². The highest BCUT2D eigenvalue weighted by atomic mass is 16.5. The number of amides is 2. The monoisotopic (exact) mass is 258 g/mol. The van der Waals surface area contributed by atoms with Crippen molar-refractivity contribution in [3.05, 3.63) is 54.6 Å². The summed E-state index contributed by atoms with van der Waals surface area (Å²) in [6.07, 6.45) is 0. The first-order valence-corrected chi connectivity index (χ1v) is 5.76. The van der Waals surface area contributed by atoms with Crippen LogP contribution in [0.1, 0.15) is 0 Å². The molecule has 0 radical (unpaired) electrons. The predicted octanol–water partition coefficient (Wildman–Crippen LogP) is 2.55. The van der Waals surface area contributed by atoms with E-state index in [0.29, 0.717) is 11.4 Å². The molecule has 0 atom stereocenters. The number of hydrogen-bond acceptors (Lipinski definition) is 3. The quantitative estimate of drug-likeness (QED) is 0.583. The molecule has 0 aliphatic rings. The Morgan fingerprint density at radius 3 is 2.42 bits per heavy atom. The second kappa shape index (κ2) is 6.30. The van der Waals surface area contributed by atoms with Crippen LogP contribution in [0.3, 0.4) is 0 Å². The lowest BCUT2D eigenvalue weighted by Gasteiger charge is -2.09. The van der Waals surface area contributed by atoms with E-state index in [1.54, 1.807) is 24.3 Å². The van der Waals surface area contributed by atoms with E-state index in [1.807, 2.05) is 18.2 Å². The van der Waals surface area contributed by atoms with Crippen molar-refractivity contribution in [3.63, 3.8) is 0 Å². The van der Waals surface area contributed by atoms with E-state index in [1.165, 1.54) is 12.1 Å². The summed E-state index contributed by atoms with van der Waals surface area (Å²) in [7, 11) is 0. The Labute approximate surface area is 110 Å². The number of ether oxygens (including phenoxy) is 1. The number of carbonyl (C=O) groups is 1. The van der Waals surface area contributed by atoms with Gasteiger partial charge in [0.05, 0.1) is 0 Å². The van der Waals surface area contributed by atoms with Crippen LogP contribution >= 0.6 is 0 Å². The molecule has 98 valence electrons.